The van der Waals surface area contributed by atoms with Gasteiger partial charge in [-0.1, -0.05) is 11.6 Å². The third-order valence-electron chi connectivity index (χ3n) is 1.86. The second-order valence-electron chi connectivity index (χ2n) is 3.36. The lowest BCUT2D eigenvalue weighted by atomic mass is 10.3. The van der Waals surface area contributed by atoms with E-state index in [-0.39, 0.29) is 0 Å². The number of carboxylic acid groups (broad SMARTS) is 1. The summed E-state index contributed by atoms with van der Waals surface area (Å²) in [5, 5.41) is 11.5. The normalized spacial score (nSPS) is 10.3. The van der Waals surface area contributed by atoms with E-state index in [4.69, 9.17) is 16.7 Å². The van der Waals surface area contributed by atoms with Crippen molar-refractivity contribution >= 4 is 35.2 Å². The van der Waals surface area contributed by atoms with Crippen molar-refractivity contribution in [2.75, 3.05) is 5.32 Å². The predicted molar refractivity (Wildman–Crippen MR) is 65.3 cm³/mol. The number of rotatable bonds is 3. The van der Waals surface area contributed by atoms with Crippen molar-refractivity contribution in [1.82, 2.24) is 5.32 Å². The number of carbonyl (C=O) groups is 3. The Bertz CT molecular complexity index is 581. The van der Waals surface area contributed by atoms with Crippen LogP contribution in [-0.2, 0) is 9.59 Å². The van der Waals surface area contributed by atoms with Gasteiger partial charge in [0.25, 0.3) is 5.91 Å². The van der Waals surface area contributed by atoms with Crippen LogP contribution in [0.4, 0.5) is 19.3 Å². The van der Waals surface area contributed by atoms with Gasteiger partial charge in [0.05, 0.1) is 10.7 Å². The summed E-state index contributed by atoms with van der Waals surface area (Å²) in [6.07, 6.45) is 1.10. The highest BCUT2D eigenvalue weighted by atomic mass is 35.5. The molecule has 0 unspecified atom stereocenters. The van der Waals surface area contributed by atoms with E-state index in [1.54, 1.807) is 5.32 Å². The molecule has 1 aromatic carbocycles. The van der Waals surface area contributed by atoms with Crippen LogP contribution in [0.25, 0.3) is 0 Å². The number of halogens is 3. The lowest BCUT2D eigenvalue weighted by molar-refractivity contribution is -0.131. The maximum Gasteiger partial charge on any atom is 0.328 e. The summed E-state index contributed by atoms with van der Waals surface area (Å²) in [5.41, 5.74) is -0.513. The van der Waals surface area contributed by atoms with E-state index in [2.05, 4.69) is 0 Å². The Hall–Kier alpha value is -2.48. The molecule has 0 aliphatic heterocycles. The molecule has 0 spiro atoms. The van der Waals surface area contributed by atoms with E-state index in [1.165, 1.54) is 0 Å². The lowest BCUT2D eigenvalue weighted by Crippen LogP contribution is -2.33. The van der Waals surface area contributed by atoms with Crippen LogP contribution in [0.2, 0.25) is 5.02 Å². The summed E-state index contributed by atoms with van der Waals surface area (Å²) >= 11 is 5.52. The van der Waals surface area contributed by atoms with Crippen LogP contribution in [-0.4, -0.2) is 23.0 Å². The number of urea groups is 1. The second-order valence-corrected chi connectivity index (χ2v) is 3.77. The van der Waals surface area contributed by atoms with E-state index in [0.717, 1.165) is 6.07 Å². The first-order chi connectivity index (χ1) is 9.29. The highest BCUT2D eigenvalue weighted by Gasteiger charge is 2.14. The zero-order chi connectivity index (χ0) is 15.3. The summed E-state index contributed by atoms with van der Waals surface area (Å²) in [4.78, 5) is 32.5. The third kappa shape index (κ3) is 4.65. The van der Waals surface area contributed by atoms with Crippen LogP contribution in [0.5, 0.6) is 0 Å². The minimum atomic E-state index is -1.38. The molecule has 0 aromatic heterocycles. The molecular formula is C11H7ClF2N2O4. The number of aliphatic carboxylic acids is 1. The molecule has 3 amide bonds. The smallest absolute Gasteiger partial charge is 0.328 e. The molecule has 0 aliphatic carbocycles. The fourth-order valence-electron chi connectivity index (χ4n) is 1.11. The molecule has 0 saturated carbocycles. The van der Waals surface area contributed by atoms with Gasteiger partial charge in [0.2, 0.25) is 0 Å². The Balaban J connectivity index is 2.73. The van der Waals surface area contributed by atoms with Crippen LogP contribution in [0, 0.1) is 11.6 Å². The molecule has 0 fully saturated rings. The maximum absolute atomic E-state index is 13.3. The molecule has 3 N–H and O–H groups in total. The number of hydrogen-bond acceptors (Lipinski definition) is 3. The predicted octanol–water partition coefficient (Wildman–Crippen LogP) is 1.91. The second kappa shape index (κ2) is 6.62. The number of benzene rings is 1. The van der Waals surface area contributed by atoms with Crippen molar-refractivity contribution in [2.24, 2.45) is 0 Å². The molecule has 0 bridgehead atoms. The van der Waals surface area contributed by atoms with Crippen molar-refractivity contribution in [3.63, 3.8) is 0 Å². The summed E-state index contributed by atoms with van der Waals surface area (Å²) in [6.45, 7) is 0. The molecule has 106 valence electrons. The van der Waals surface area contributed by atoms with Gasteiger partial charge in [0.1, 0.15) is 5.82 Å². The average Bonchev–Trinajstić information content (AvgIpc) is 2.31. The number of carbonyl (C=O) groups excluding carboxylic acids is 2. The van der Waals surface area contributed by atoms with Gasteiger partial charge in [0, 0.05) is 18.2 Å². The van der Waals surface area contributed by atoms with Crippen molar-refractivity contribution in [3.05, 3.63) is 40.9 Å². The summed E-state index contributed by atoms with van der Waals surface area (Å²) in [7, 11) is 0. The quantitative estimate of drug-likeness (QED) is 0.743. The number of imide groups is 1. The van der Waals surface area contributed by atoms with E-state index in [1.807, 2.05) is 5.32 Å². The van der Waals surface area contributed by atoms with Crippen molar-refractivity contribution in [1.29, 1.82) is 0 Å². The Morgan fingerprint density at radius 2 is 1.85 bits per heavy atom. The molecule has 0 atom stereocenters. The summed E-state index contributed by atoms with van der Waals surface area (Å²) in [5.74, 6) is -4.48. The van der Waals surface area contributed by atoms with Crippen LogP contribution in [0.1, 0.15) is 0 Å². The van der Waals surface area contributed by atoms with Crippen molar-refractivity contribution in [2.45, 2.75) is 0 Å². The number of amides is 3. The molecule has 6 nitrogen and oxygen atoms in total. The maximum atomic E-state index is 13.3. The molecule has 0 saturated heterocycles. The number of nitrogens with one attached hydrogen (secondary N) is 2. The highest BCUT2D eigenvalue weighted by molar-refractivity contribution is 6.33. The molecule has 9 heteroatoms. The van der Waals surface area contributed by atoms with Gasteiger partial charge in [-0.25, -0.2) is 18.4 Å². The van der Waals surface area contributed by atoms with Crippen molar-refractivity contribution < 1.29 is 28.3 Å². The van der Waals surface area contributed by atoms with Gasteiger partial charge in [-0.2, -0.15) is 0 Å². The summed E-state index contributed by atoms with van der Waals surface area (Å²) < 4.78 is 26.1. The first-order valence-electron chi connectivity index (χ1n) is 4.97. The average molecular weight is 305 g/mol. The minimum absolute atomic E-state index is 0.397. The molecule has 1 aromatic rings. The molecule has 20 heavy (non-hydrogen) atoms. The zero-order valence-electron chi connectivity index (χ0n) is 9.62. The van der Waals surface area contributed by atoms with E-state index in [9.17, 15) is 23.2 Å². The number of hydrogen-bond donors (Lipinski definition) is 3. The number of carboxylic acids is 1. The Morgan fingerprint density at radius 1 is 1.20 bits per heavy atom. The van der Waals surface area contributed by atoms with Crippen LogP contribution >= 0.6 is 11.6 Å². The molecule has 0 aliphatic rings. The topological polar surface area (TPSA) is 95.5 Å². The van der Waals surface area contributed by atoms with Gasteiger partial charge < -0.3 is 10.4 Å². The molecular weight excluding hydrogens is 298 g/mol. The van der Waals surface area contributed by atoms with Gasteiger partial charge in [-0.3, -0.25) is 10.1 Å². The van der Waals surface area contributed by atoms with Crippen molar-refractivity contribution in [3.8, 4) is 0 Å². The lowest BCUT2D eigenvalue weighted by Gasteiger charge is -2.08. The van der Waals surface area contributed by atoms with Crippen LogP contribution < -0.4 is 10.6 Å². The largest absolute Gasteiger partial charge is 0.478 e. The Kier molecular flexibility index (Phi) is 5.15. The van der Waals surface area contributed by atoms with E-state index >= 15 is 0 Å². The Morgan fingerprint density at radius 3 is 2.40 bits per heavy atom. The van der Waals surface area contributed by atoms with Gasteiger partial charge in [-0.15, -0.1) is 0 Å². The summed E-state index contributed by atoms with van der Waals surface area (Å²) in [6, 6.07) is 0.109. The van der Waals surface area contributed by atoms with Gasteiger partial charge >= 0.3 is 12.0 Å². The standard InChI is InChI=1S/C11H7ClF2N2O4/c12-6-3-5(13)4-7(14)10(6)16-11(20)15-8(17)1-2-9(18)19/h1-4H,(H,18,19)(H2,15,16,17,20)/b2-1+. The first kappa shape index (κ1) is 15.6. The van der Waals surface area contributed by atoms with Gasteiger partial charge in [0.15, 0.2) is 5.82 Å². The van der Waals surface area contributed by atoms with Crippen LogP contribution in [0.3, 0.4) is 0 Å². The van der Waals surface area contributed by atoms with Crippen LogP contribution in [0.15, 0.2) is 24.3 Å². The fourth-order valence-corrected chi connectivity index (χ4v) is 1.35. The first-order valence-corrected chi connectivity index (χ1v) is 5.35. The Labute approximate surface area is 116 Å². The fraction of sp³-hybridized carbons (Fsp3) is 0. The molecule has 1 rings (SSSR count). The highest BCUT2D eigenvalue weighted by Crippen LogP contribution is 2.26. The number of anilines is 1. The third-order valence-corrected chi connectivity index (χ3v) is 2.16. The SMILES string of the molecule is O=C(O)/C=C/C(=O)NC(=O)Nc1c(F)cc(F)cc1Cl. The minimum Gasteiger partial charge on any atom is -0.478 e. The molecule has 0 radical (unpaired) electrons. The zero-order valence-corrected chi connectivity index (χ0v) is 10.4. The monoisotopic (exact) mass is 304 g/mol. The van der Waals surface area contributed by atoms with E-state index in [0.29, 0.717) is 18.2 Å². The van der Waals surface area contributed by atoms with Gasteiger partial charge in [-0.05, 0) is 6.07 Å². The van der Waals surface area contributed by atoms with E-state index < -0.39 is 40.3 Å². The molecule has 0 heterocycles.